The smallest absolute Gasteiger partial charge is 0.191 e. The average Bonchev–Trinajstić information content (AvgIpc) is 2.41. The Labute approximate surface area is 103 Å². The fourth-order valence-corrected chi connectivity index (χ4v) is 1.64. The van der Waals surface area contributed by atoms with E-state index in [0.29, 0.717) is 17.1 Å². The third kappa shape index (κ3) is 1.92. The van der Waals surface area contributed by atoms with Crippen LogP contribution in [0, 0.1) is 5.82 Å². The van der Waals surface area contributed by atoms with E-state index in [4.69, 9.17) is 15.2 Å². The summed E-state index contributed by atoms with van der Waals surface area (Å²) in [4.78, 5) is 7.47. The molecule has 18 heavy (non-hydrogen) atoms. The van der Waals surface area contributed by atoms with Crippen LogP contribution in [-0.4, -0.2) is 24.2 Å². The molecule has 0 spiro atoms. The highest BCUT2D eigenvalue weighted by Gasteiger charge is 2.17. The van der Waals surface area contributed by atoms with Crippen LogP contribution < -0.4 is 15.2 Å². The van der Waals surface area contributed by atoms with Gasteiger partial charge in [-0.15, -0.1) is 0 Å². The van der Waals surface area contributed by atoms with Crippen molar-refractivity contribution in [3.63, 3.8) is 0 Å². The number of aromatic nitrogens is 2. The van der Waals surface area contributed by atoms with E-state index in [-0.39, 0.29) is 11.5 Å². The molecule has 5 nitrogen and oxygen atoms in total. The van der Waals surface area contributed by atoms with Gasteiger partial charge in [0.2, 0.25) is 0 Å². The number of benzene rings is 1. The fraction of sp³-hybridized carbons (Fsp3) is 0.167. The summed E-state index contributed by atoms with van der Waals surface area (Å²) in [7, 11) is 2.98. The molecule has 94 valence electrons. The lowest BCUT2D eigenvalue weighted by molar-refractivity contribution is 0.356. The second kappa shape index (κ2) is 4.87. The molecule has 0 fully saturated rings. The van der Waals surface area contributed by atoms with Gasteiger partial charge >= 0.3 is 0 Å². The first kappa shape index (κ1) is 12.1. The molecular weight excluding hydrogens is 237 g/mol. The first-order chi connectivity index (χ1) is 8.69. The summed E-state index contributed by atoms with van der Waals surface area (Å²) in [5.74, 6) is 0.0116. The molecule has 0 aliphatic carbocycles. The van der Waals surface area contributed by atoms with Crippen LogP contribution in [0.1, 0.15) is 0 Å². The molecule has 0 saturated heterocycles. The van der Waals surface area contributed by atoms with E-state index in [1.807, 2.05) is 0 Å². The van der Waals surface area contributed by atoms with Crippen molar-refractivity contribution in [2.45, 2.75) is 0 Å². The van der Waals surface area contributed by atoms with Crippen LogP contribution in [0.25, 0.3) is 11.3 Å². The SMILES string of the molecule is COc1cccc(-c2ncnc(N)c2F)c1OC. The summed E-state index contributed by atoms with van der Waals surface area (Å²) in [6, 6.07) is 5.10. The molecule has 1 heterocycles. The van der Waals surface area contributed by atoms with Gasteiger partial charge in [0.25, 0.3) is 0 Å². The van der Waals surface area contributed by atoms with Crippen LogP contribution in [-0.2, 0) is 0 Å². The van der Waals surface area contributed by atoms with E-state index in [2.05, 4.69) is 9.97 Å². The van der Waals surface area contributed by atoms with Gasteiger partial charge in [0, 0.05) is 5.56 Å². The Bertz CT molecular complexity index is 575. The number of para-hydroxylation sites is 1. The summed E-state index contributed by atoms with van der Waals surface area (Å²) < 4.78 is 24.3. The Kier molecular flexibility index (Phi) is 3.27. The molecule has 2 rings (SSSR count). The molecule has 6 heteroatoms. The largest absolute Gasteiger partial charge is 0.493 e. The van der Waals surface area contributed by atoms with Gasteiger partial charge < -0.3 is 15.2 Å². The number of nitrogens with zero attached hydrogens (tertiary/aromatic N) is 2. The van der Waals surface area contributed by atoms with Crippen molar-refractivity contribution < 1.29 is 13.9 Å². The first-order valence-corrected chi connectivity index (χ1v) is 5.16. The van der Waals surface area contributed by atoms with E-state index in [1.54, 1.807) is 18.2 Å². The van der Waals surface area contributed by atoms with Gasteiger partial charge in [0.05, 0.1) is 14.2 Å². The molecule has 0 aliphatic heterocycles. The van der Waals surface area contributed by atoms with Crippen molar-refractivity contribution in [2.75, 3.05) is 20.0 Å². The number of nitrogens with two attached hydrogens (primary N) is 1. The predicted octanol–water partition coefficient (Wildman–Crippen LogP) is 1.88. The van der Waals surface area contributed by atoms with Crippen molar-refractivity contribution in [1.82, 2.24) is 9.97 Å². The van der Waals surface area contributed by atoms with Crippen molar-refractivity contribution in [3.05, 3.63) is 30.3 Å². The summed E-state index contributed by atoms with van der Waals surface area (Å²) in [6.45, 7) is 0. The highest BCUT2D eigenvalue weighted by Crippen LogP contribution is 2.38. The van der Waals surface area contributed by atoms with E-state index < -0.39 is 5.82 Å². The second-order valence-electron chi connectivity index (χ2n) is 3.46. The number of methoxy groups -OCH3 is 2. The van der Waals surface area contributed by atoms with Crippen LogP contribution in [0.4, 0.5) is 10.2 Å². The summed E-state index contributed by atoms with van der Waals surface area (Å²) >= 11 is 0. The Morgan fingerprint density at radius 3 is 2.61 bits per heavy atom. The van der Waals surface area contributed by atoms with E-state index >= 15 is 0 Å². The van der Waals surface area contributed by atoms with Gasteiger partial charge in [-0.05, 0) is 12.1 Å². The summed E-state index contributed by atoms with van der Waals surface area (Å²) in [6.07, 6.45) is 1.20. The highest BCUT2D eigenvalue weighted by molar-refractivity contribution is 5.72. The topological polar surface area (TPSA) is 70.3 Å². The maximum absolute atomic E-state index is 13.9. The normalized spacial score (nSPS) is 10.2. The lowest BCUT2D eigenvalue weighted by Gasteiger charge is -2.12. The molecule has 0 amide bonds. The van der Waals surface area contributed by atoms with E-state index in [1.165, 1.54) is 20.5 Å². The Hall–Kier alpha value is -2.37. The molecule has 0 aliphatic rings. The molecule has 0 bridgehead atoms. The van der Waals surface area contributed by atoms with Gasteiger partial charge in [-0.25, -0.2) is 14.4 Å². The molecule has 1 aromatic heterocycles. The Balaban J connectivity index is 2.67. The molecule has 0 unspecified atom stereocenters. The summed E-state index contributed by atoms with van der Waals surface area (Å²) in [5, 5.41) is 0. The lowest BCUT2D eigenvalue weighted by Crippen LogP contribution is -2.01. The third-order valence-corrected chi connectivity index (χ3v) is 2.47. The number of hydrogen-bond donors (Lipinski definition) is 1. The van der Waals surface area contributed by atoms with Crippen LogP contribution in [0.15, 0.2) is 24.5 Å². The quantitative estimate of drug-likeness (QED) is 0.899. The van der Waals surface area contributed by atoms with Crippen molar-refractivity contribution >= 4 is 5.82 Å². The monoisotopic (exact) mass is 249 g/mol. The zero-order valence-electron chi connectivity index (χ0n) is 9.98. The number of anilines is 1. The highest BCUT2D eigenvalue weighted by atomic mass is 19.1. The lowest BCUT2D eigenvalue weighted by atomic mass is 10.1. The maximum Gasteiger partial charge on any atom is 0.191 e. The van der Waals surface area contributed by atoms with Gasteiger partial charge in [0.15, 0.2) is 23.1 Å². The fourth-order valence-electron chi connectivity index (χ4n) is 1.64. The first-order valence-electron chi connectivity index (χ1n) is 5.16. The summed E-state index contributed by atoms with van der Waals surface area (Å²) in [5.41, 5.74) is 5.97. The minimum absolute atomic E-state index is 0.0817. The number of ether oxygens (including phenoxy) is 2. The number of hydrogen-bond acceptors (Lipinski definition) is 5. The molecule has 2 N–H and O–H groups in total. The Morgan fingerprint density at radius 1 is 1.17 bits per heavy atom. The van der Waals surface area contributed by atoms with Crippen LogP contribution in [0.2, 0.25) is 0 Å². The number of nitrogen functional groups attached to an aromatic ring is 1. The molecule has 0 atom stereocenters. The molecule has 0 saturated carbocycles. The van der Waals surface area contributed by atoms with Gasteiger partial charge in [-0.3, -0.25) is 0 Å². The molecule has 2 aromatic rings. The molecule has 1 aromatic carbocycles. The minimum Gasteiger partial charge on any atom is -0.493 e. The van der Waals surface area contributed by atoms with Crippen molar-refractivity contribution in [3.8, 4) is 22.8 Å². The molecule has 0 radical (unpaired) electrons. The van der Waals surface area contributed by atoms with Crippen LogP contribution in [0.5, 0.6) is 11.5 Å². The Morgan fingerprint density at radius 2 is 1.94 bits per heavy atom. The standard InChI is InChI=1S/C12H12FN3O2/c1-17-8-5-3-4-7(11(8)18-2)10-9(13)12(14)16-6-15-10/h3-6H,1-2H3,(H2,14,15,16). The minimum atomic E-state index is -0.677. The second-order valence-corrected chi connectivity index (χ2v) is 3.46. The maximum atomic E-state index is 13.9. The van der Waals surface area contributed by atoms with E-state index in [9.17, 15) is 4.39 Å². The van der Waals surface area contributed by atoms with Crippen molar-refractivity contribution in [2.24, 2.45) is 0 Å². The zero-order valence-corrected chi connectivity index (χ0v) is 9.98. The molecular formula is C12H12FN3O2. The van der Waals surface area contributed by atoms with Crippen molar-refractivity contribution in [1.29, 1.82) is 0 Å². The van der Waals surface area contributed by atoms with Crippen LogP contribution >= 0.6 is 0 Å². The third-order valence-electron chi connectivity index (χ3n) is 2.47. The van der Waals surface area contributed by atoms with Crippen LogP contribution in [0.3, 0.4) is 0 Å². The predicted molar refractivity (Wildman–Crippen MR) is 64.9 cm³/mol. The van der Waals surface area contributed by atoms with E-state index in [0.717, 1.165) is 0 Å². The van der Waals surface area contributed by atoms with Gasteiger partial charge in [0.1, 0.15) is 12.0 Å². The number of halogens is 1. The zero-order chi connectivity index (χ0) is 13.1. The average molecular weight is 249 g/mol. The van der Waals surface area contributed by atoms with Gasteiger partial charge in [-0.1, -0.05) is 6.07 Å². The van der Waals surface area contributed by atoms with Gasteiger partial charge in [-0.2, -0.15) is 0 Å². The number of rotatable bonds is 3.